The summed E-state index contributed by atoms with van der Waals surface area (Å²) in [6, 6.07) is 9.77. The molecular weight excluding hydrogens is 342 g/mol. The Bertz CT molecular complexity index is 768. The van der Waals surface area contributed by atoms with E-state index in [0.29, 0.717) is 25.3 Å². The zero-order valence-corrected chi connectivity index (χ0v) is 15.4. The Morgan fingerprint density at radius 3 is 2.48 bits per heavy atom. The first-order valence-electron chi connectivity index (χ1n) is 9.56. The van der Waals surface area contributed by atoms with Crippen LogP contribution in [0.3, 0.4) is 0 Å². The van der Waals surface area contributed by atoms with Gasteiger partial charge in [-0.3, -0.25) is 4.79 Å². The van der Waals surface area contributed by atoms with Gasteiger partial charge in [-0.2, -0.15) is 0 Å². The highest BCUT2D eigenvalue weighted by atomic mass is 16.5. The first-order chi connectivity index (χ1) is 13.3. The normalized spacial score (nSPS) is 17.2. The van der Waals surface area contributed by atoms with Crippen molar-refractivity contribution in [3.63, 3.8) is 0 Å². The van der Waals surface area contributed by atoms with Crippen molar-refractivity contribution < 1.29 is 9.53 Å². The van der Waals surface area contributed by atoms with Gasteiger partial charge in [0.05, 0.1) is 25.5 Å². The second kappa shape index (κ2) is 8.35. The Morgan fingerprint density at radius 2 is 1.74 bits per heavy atom. The van der Waals surface area contributed by atoms with Gasteiger partial charge in [-0.05, 0) is 37.1 Å². The van der Waals surface area contributed by atoms with Crippen LogP contribution in [0.15, 0.2) is 36.7 Å². The number of rotatable bonds is 5. The summed E-state index contributed by atoms with van der Waals surface area (Å²) in [6.45, 7) is 5.66. The maximum atomic E-state index is 12.4. The highest BCUT2D eigenvalue weighted by Crippen LogP contribution is 2.20. The van der Waals surface area contributed by atoms with Crippen LogP contribution in [0.25, 0.3) is 0 Å². The summed E-state index contributed by atoms with van der Waals surface area (Å²) in [5.41, 5.74) is 2.66. The maximum Gasteiger partial charge on any atom is 0.251 e. The van der Waals surface area contributed by atoms with E-state index >= 15 is 0 Å². The highest BCUT2D eigenvalue weighted by molar-refractivity contribution is 5.94. The van der Waals surface area contributed by atoms with Crippen molar-refractivity contribution in [2.24, 2.45) is 0 Å². The smallest absolute Gasteiger partial charge is 0.251 e. The molecule has 0 radical (unpaired) electrons. The predicted molar refractivity (Wildman–Crippen MR) is 104 cm³/mol. The van der Waals surface area contributed by atoms with Gasteiger partial charge in [0.15, 0.2) is 0 Å². The summed E-state index contributed by atoms with van der Waals surface area (Å²) in [6.07, 6.45) is 4.04. The summed E-state index contributed by atoms with van der Waals surface area (Å²) in [5, 5.41) is 2.95. The second-order valence-electron chi connectivity index (χ2n) is 6.89. The molecule has 0 spiro atoms. The number of nitrogens with zero attached hydrogens (tertiary/aromatic N) is 4. The number of hydrogen-bond acceptors (Lipinski definition) is 6. The van der Waals surface area contributed by atoms with Gasteiger partial charge < -0.3 is 19.9 Å². The Morgan fingerprint density at radius 1 is 1.00 bits per heavy atom. The van der Waals surface area contributed by atoms with E-state index in [1.165, 1.54) is 18.5 Å². The number of benzene rings is 1. The number of hydrogen-bond donors (Lipinski definition) is 1. The lowest BCUT2D eigenvalue weighted by molar-refractivity contribution is 0.0950. The van der Waals surface area contributed by atoms with Crippen molar-refractivity contribution in [1.82, 2.24) is 15.3 Å². The second-order valence-corrected chi connectivity index (χ2v) is 6.89. The lowest BCUT2D eigenvalue weighted by atomic mass is 10.2. The molecule has 27 heavy (non-hydrogen) atoms. The average Bonchev–Trinajstić information content (AvgIpc) is 3.28. The zero-order chi connectivity index (χ0) is 18.5. The van der Waals surface area contributed by atoms with Gasteiger partial charge in [0.1, 0.15) is 12.1 Å². The molecule has 3 heterocycles. The van der Waals surface area contributed by atoms with Gasteiger partial charge in [0.2, 0.25) is 0 Å². The van der Waals surface area contributed by atoms with E-state index in [2.05, 4.69) is 25.1 Å². The van der Waals surface area contributed by atoms with Gasteiger partial charge in [-0.25, -0.2) is 9.97 Å². The third kappa shape index (κ3) is 4.36. The summed E-state index contributed by atoms with van der Waals surface area (Å²) in [7, 11) is 0. The number of morpholine rings is 1. The van der Waals surface area contributed by atoms with E-state index in [-0.39, 0.29) is 5.91 Å². The van der Waals surface area contributed by atoms with Crippen LogP contribution in [-0.2, 0) is 11.3 Å². The predicted octanol–water partition coefficient (Wildman–Crippen LogP) is 1.84. The SMILES string of the molecule is O=C(NCc1cc(N2CCOCC2)ncn1)c1ccc(N2CCCC2)cc1. The number of ether oxygens (including phenoxy) is 1. The van der Waals surface area contributed by atoms with E-state index in [9.17, 15) is 4.79 Å². The molecule has 1 aromatic heterocycles. The molecule has 0 bridgehead atoms. The molecule has 7 heteroatoms. The molecule has 0 unspecified atom stereocenters. The number of carbonyl (C=O) groups is 1. The number of carbonyl (C=O) groups excluding carboxylic acids is 1. The monoisotopic (exact) mass is 367 g/mol. The minimum atomic E-state index is -0.0884. The van der Waals surface area contributed by atoms with Crippen LogP contribution >= 0.6 is 0 Å². The highest BCUT2D eigenvalue weighted by Gasteiger charge is 2.15. The lowest BCUT2D eigenvalue weighted by Crippen LogP contribution is -2.37. The zero-order valence-electron chi connectivity index (χ0n) is 15.4. The summed E-state index contributed by atoms with van der Waals surface area (Å²) >= 11 is 0. The molecule has 1 aromatic carbocycles. The topological polar surface area (TPSA) is 70.6 Å². The van der Waals surface area contributed by atoms with Gasteiger partial charge in [-0.15, -0.1) is 0 Å². The Hall–Kier alpha value is -2.67. The Kier molecular flexibility index (Phi) is 5.48. The van der Waals surface area contributed by atoms with Crippen molar-refractivity contribution in [2.45, 2.75) is 19.4 Å². The maximum absolute atomic E-state index is 12.4. The summed E-state index contributed by atoms with van der Waals surface area (Å²) in [5.74, 6) is 0.794. The molecule has 2 aliphatic heterocycles. The van der Waals surface area contributed by atoms with Crippen molar-refractivity contribution in [3.05, 3.63) is 47.9 Å². The van der Waals surface area contributed by atoms with Crippen molar-refractivity contribution in [3.8, 4) is 0 Å². The van der Waals surface area contributed by atoms with Crippen molar-refractivity contribution in [1.29, 1.82) is 0 Å². The fourth-order valence-electron chi connectivity index (χ4n) is 3.52. The number of amides is 1. The van der Waals surface area contributed by atoms with E-state index < -0.39 is 0 Å². The number of nitrogens with one attached hydrogen (secondary N) is 1. The van der Waals surface area contributed by atoms with E-state index in [1.54, 1.807) is 6.33 Å². The van der Waals surface area contributed by atoms with E-state index in [1.807, 2.05) is 30.3 Å². The van der Waals surface area contributed by atoms with E-state index in [4.69, 9.17) is 4.74 Å². The first kappa shape index (κ1) is 17.7. The molecular formula is C20H25N5O2. The molecule has 1 N–H and O–H groups in total. The standard InChI is InChI=1S/C20H25N5O2/c26-20(16-3-5-18(6-4-16)24-7-1-2-8-24)21-14-17-13-19(23-15-22-17)25-9-11-27-12-10-25/h3-6,13,15H,1-2,7-12,14H2,(H,21,26). The number of anilines is 2. The average molecular weight is 367 g/mol. The molecule has 0 saturated carbocycles. The van der Waals surface area contributed by atoms with Crippen LogP contribution in [0.5, 0.6) is 0 Å². The molecule has 0 aliphatic carbocycles. The molecule has 1 amide bonds. The largest absolute Gasteiger partial charge is 0.378 e. The van der Waals surface area contributed by atoms with Crippen LogP contribution < -0.4 is 15.1 Å². The molecule has 4 rings (SSSR count). The Labute approximate surface area is 159 Å². The van der Waals surface area contributed by atoms with Crippen molar-refractivity contribution in [2.75, 3.05) is 49.2 Å². The van der Waals surface area contributed by atoms with Crippen LogP contribution in [0, 0.1) is 0 Å². The lowest BCUT2D eigenvalue weighted by Gasteiger charge is -2.27. The fourth-order valence-corrected chi connectivity index (χ4v) is 3.52. The summed E-state index contributed by atoms with van der Waals surface area (Å²) < 4.78 is 5.38. The van der Waals surface area contributed by atoms with Gasteiger partial charge in [-0.1, -0.05) is 0 Å². The third-order valence-corrected chi connectivity index (χ3v) is 5.08. The van der Waals surface area contributed by atoms with Crippen LogP contribution in [0.4, 0.5) is 11.5 Å². The van der Waals surface area contributed by atoms with Gasteiger partial charge in [0, 0.05) is 43.5 Å². The molecule has 2 saturated heterocycles. The van der Waals surface area contributed by atoms with Gasteiger partial charge in [0.25, 0.3) is 5.91 Å². The quantitative estimate of drug-likeness (QED) is 0.870. The molecule has 0 atom stereocenters. The van der Waals surface area contributed by atoms with Crippen LogP contribution in [0.2, 0.25) is 0 Å². The van der Waals surface area contributed by atoms with Crippen LogP contribution in [-0.4, -0.2) is 55.3 Å². The minimum Gasteiger partial charge on any atom is -0.378 e. The number of aromatic nitrogens is 2. The summed E-state index contributed by atoms with van der Waals surface area (Å²) in [4.78, 5) is 25.6. The Balaban J connectivity index is 1.34. The third-order valence-electron chi connectivity index (χ3n) is 5.08. The first-order valence-corrected chi connectivity index (χ1v) is 9.56. The van der Waals surface area contributed by atoms with Crippen LogP contribution in [0.1, 0.15) is 28.9 Å². The van der Waals surface area contributed by atoms with E-state index in [0.717, 1.165) is 37.7 Å². The minimum absolute atomic E-state index is 0.0884. The molecule has 142 valence electrons. The van der Waals surface area contributed by atoms with Gasteiger partial charge >= 0.3 is 0 Å². The molecule has 2 fully saturated rings. The molecule has 7 nitrogen and oxygen atoms in total. The molecule has 2 aliphatic rings. The van der Waals surface area contributed by atoms with Crippen molar-refractivity contribution >= 4 is 17.4 Å². The molecule has 2 aromatic rings. The fraction of sp³-hybridized carbons (Fsp3) is 0.450.